The number of ether oxygens (including phenoxy) is 2. The second-order valence-electron chi connectivity index (χ2n) is 8.94. The summed E-state index contributed by atoms with van der Waals surface area (Å²) < 4.78 is 11.0. The lowest BCUT2D eigenvalue weighted by Gasteiger charge is -2.38. The van der Waals surface area contributed by atoms with Crippen molar-refractivity contribution in [1.29, 1.82) is 0 Å². The van der Waals surface area contributed by atoms with Crippen molar-refractivity contribution in [3.05, 3.63) is 52.5 Å². The average molecular weight is 500 g/mol. The fraction of sp³-hybridized carbons (Fsp3) is 0.423. The highest BCUT2D eigenvalue weighted by atomic mass is 35.5. The minimum Gasteiger partial charge on any atom is -0.493 e. The van der Waals surface area contributed by atoms with Crippen LogP contribution >= 0.6 is 11.6 Å². The summed E-state index contributed by atoms with van der Waals surface area (Å²) in [4.78, 5) is 31.1. The van der Waals surface area contributed by atoms with Crippen LogP contribution in [0.1, 0.15) is 30.4 Å². The maximum absolute atomic E-state index is 13.0. The van der Waals surface area contributed by atoms with Crippen molar-refractivity contribution >= 4 is 35.0 Å². The number of carboxylic acids is 1. The van der Waals surface area contributed by atoms with Crippen LogP contribution in [0.15, 0.2) is 41.4 Å². The maximum Gasteiger partial charge on any atom is 0.321 e. The Labute approximate surface area is 209 Å². The van der Waals surface area contributed by atoms with E-state index in [9.17, 15) is 14.7 Å². The van der Waals surface area contributed by atoms with E-state index in [-0.39, 0.29) is 24.3 Å². The Morgan fingerprint density at radius 1 is 1.17 bits per heavy atom. The number of aliphatic carboxylic acids is 1. The number of rotatable bonds is 7. The van der Waals surface area contributed by atoms with Gasteiger partial charge in [-0.3, -0.25) is 9.79 Å². The van der Waals surface area contributed by atoms with Gasteiger partial charge in [0, 0.05) is 48.0 Å². The number of halogens is 1. The molecule has 8 nitrogen and oxygen atoms in total. The van der Waals surface area contributed by atoms with Crippen LogP contribution in [0.5, 0.6) is 11.5 Å². The molecule has 0 bridgehead atoms. The van der Waals surface area contributed by atoms with Gasteiger partial charge in [-0.2, -0.15) is 0 Å². The molecule has 2 N–H and O–H groups in total. The zero-order chi connectivity index (χ0) is 24.9. The molecule has 2 heterocycles. The Morgan fingerprint density at radius 2 is 1.94 bits per heavy atom. The number of carbonyl (C=O) groups excluding carboxylic acids is 1. The standard InChI is InChI=1S/C26H30ClN3O5/c1-34-23-11-17-6-8-28-22(21(17)14-24(23)35-2)10-18-15-30(9-7-16(18)12-25(31)32)26(33)29-20-5-3-4-19(27)13-20/h3-5,11,13-14,16,18H,6-10,12,15H2,1-2H3,(H,29,33)(H,31,32)/t16-,18-/m0/s1. The molecule has 4 rings (SSSR count). The molecule has 2 aromatic rings. The number of hydrogen-bond acceptors (Lipinski definition) is 5. The largest absolute Gasteiger partial charge is 0.493 e. The lowest BCUT2D eigenvalue weighted by atomic mass is 9.78. The first-order valence-electron chi connectivity index (χ1n) is 11.7. The number of piperidine rings is 1. The third kappa shape index (κ3) is 5.88. The first-order valence-corrected chi connectivity index (χ1v) is 12.1. The first kappa shape index (κ1) is 24.9. The molecule has 35 heavy (non-hydrogen) atoms. The van der Waals surface area contributed by atoms with Crippen LogP contribution in [0.2, 0.25) is 5.02 Å². The molecule has 0 radical (unpaired) electrons. The molecule has 9 heteroatoms. The summed E-state index contributed by atoms with van der Waals surface area (Å²) in [7, 11) is 3.22. The highest BCUT2D eigenvalue weighted by Gasteiger charge is 2.34. The second kappa shape index (κ2) is 11.0. The van der Waals surface area contributed by atoms with Crippen LogP contribution in [0.25, 0.3) is 0 Å². The third-order valence-corrected chi connectivity index (χ3v) is 6.99. The van der Waals surface area contributed by atoms with E-state index < -0.39 is 5.97 Å². The van der Waals surface area contributed by atoms with Crippen LogP contribution in [-0.4, -0.2) is 61.6 Å². The number of urea groups is 1. The molecule has 0 spiro atoms. The third-order valence-electron chi connectivity index (χ3n) is 6.75. The minimum atomic E-state index is -0.825. The van der Waals surface area contributed by atoms with Crippen molar-refractivity contribution in [2.24, 2.45) is 16.8 Å². The van der Waals surface area contributed by atoms with Gasteiger partial charge in [0.05, 0.1) is 14.2 Å². The van der Waals surface area contributed by atoms with E-state index in [2.05, 4.69) is 5.32 Å². The smallest absolute Gasteiger partial charge is 0.321 e. The Hall–Kier alpha value is -3.26. The zero-order valence-electron chi connectivity index (χ0n) is 19.9. The first-order chi connectivity index (χ1) is 16.9. The number of hydrogen-bond donors (Lipinski definition) is 2. The molecule has 1 fully saturated rings. The molecule has 0 aliphatic carbocycles. The van der Waals surface area contributed by atoms with Crippen molar-refractivity contribution in [2.75, 3.05) is 39.2 Å². The summed E-state index contributed by atoms with van der Waals surface area (Å²) in [6, 6.07) is 10.7. The second-order valence-corrected chi connectivity index (χ2v) is 9.38. The number of benzene rings is 2. The molecule has 2 aromatic carbocycles. The van der Waals surface area contributed by atoms with Gasteiger partial charge in [-0.05, 0) is 67.0 Å². The average Bonchev–Trinajstić information content (AvgIpc) is 2.84. The van der Waals surface area contributed by atoms with E-state index >= 15 is 0 Å². The predicted octanol–water partition coefficient (Wildman–Crippen LogP) is 4.74. The molecule has 2 amide bonds. The van der Waals surface area contributed by atoms with Crippen molar-refractivity contribution < 1.29 is 24.2 Å². The molecule has 0 unspecified atom stereocenters. The Morgan fingerprint density at radius 3 is 2.66 bits per heavy atom. The van der Waals surface area contributed by atoms with E-state index in [0.717, 1.165) is 23.3 Å². The van der Waals surface area contributed by atoms with Gasteiger partial charge in [0.15, 0.2) is 11.5 Å². The Kier molecular flexibility index (Phi) is 7.80. The van der Waals surface area contributed by atoms with Gasteiger partial charge in [0.25, 0.3) is 0 Å². The topological polar surface area (TPSA) is 100 Å². The van der Waals surface area contributed by atoms with Crippen molar-refractivity contribution in [3.63, 3.8) is 0 Å². The summed E-state index contributed by atoms with van der Waals surface area (Å²) in [6.45, 7) is 1.61. The van der Waals surface area contributed by atoms with E-state index in [1.807, 2.05) is 12.1 Å². The molecule has 0 aromatic heterocycles. The summed E-state index contributed by atoms with van der Waals surface area (Å²) in [6.07, 6.45) is 2.07. The summed E-state index contributed by atoms with van der Waals surface area (Å²) >= 11 is 6.04. The molecular weight excluding hydrogens is 470 g/mol. The minimum absolute atomic E-state index is 0.0391. The van der Waals surface area contributed by atoms with Gasteiger partial charge < -0.3 is 24.8 Å². The van der Waals surface area contributed by atoms with Gasteiger partial charge in [-0.1, -0.05) is 17.7 Å². The van der Waals surface area contributed by atoms with Gasteiger partial charge in [-0.25, -0.2) is 4.79 Å². The van der Waals surface area contributed by atoms with E-state index in [4.69, 9.17) is 26.1 Å². The number of amides is 2. The monoisotopic (exact) mass is 499 g/mol. The van der Waals surface area contributed by atoms with Crippen LogP contribution in [-0.2, 0) is 11.2 Å². The molecular formula is C26H30ClN3O5. The van der Waals surface area contributed by atoms with Gasteiger partial charge in [0.2, 0.25) is 0 Å². The number of fused-ring (bicyclic) bond motifs is 1. The van der Waals surface area contributed by atoms with Crippen LogP contribution in [0, 0.1) is 11.8 Å². The number of nitrogens with zero attached hydrogens (tertiary/aromatic N) is 2. The number of aliphatic imine (C=N–C) groups is 1. The normalized spacial score (nSPS) is 19.4. The highest BCUT2D eigenvalue weighted by Crippen LogP contribution is 2.36. The molecule has 1 saturated heterocycles. The van der Waals surface area contributed by atoms with E-state index in [1.165, 1.54) is 0 Å². The number of carbonyl (C=O) groups is 2. The van der Waals surface area contributed by atoms with Crippen molar-refractivity contribution in [2.45, 2.75) is 25.7 Å². The van der Waals surface area contributed by atoms with Crippen molar-refractivity contribution in [1.82, 2.24) is 4.90 Å². The quantitative estimate of drug-likeness (QED) is 0.573. The zero-order valence-corrected chi connectivity index (χ0v) is 20.7. The Balaban J connectivity index is 1.54. The van der Waals surface area contributed by atoms with Crippen molar-refractivity contribution in [3.8, 4) is 11.5 Å². The van der Waals surface area contributed by atoms with E-state index in [0.29, 0.717) is 54.7 Å². The lowest BCUT2D eigenvalue weighted by molar-refractivity contribution is -0.138. The van der Waals surface area contributed by atoms with Crippen LogP contribution in [0.4, 0.5) is 10.5 Å². The number of anilines is 1. The number of likely N-dealkylation sites (tertiary alicyclic amines) is 1. The van der Waals surface area contributed by atoms with Crippen LogP contribution in [0.3, 0.4) is 0 Å². The SMILES string of the molecule is COc1cc2c(cc1OC)C(C[C@H]1CN(C(=O)Nc3cccc(Cl)c3)CC[C@H]1CC(=O)O)=NCC2. The van der Waals surface area contributed by atoms with Gasteiger partial charge in [0.1, 0.15) is 0 Å². The molecule has 2 aliphatic rings. The predicted molar refractivity (Wildman–Crippen MR) is 135 cm³/mol. The summed E-state index contributed by atoms with van der Waals surface area (Å²) in [5.74, 6) is 0.403. The van der Waals surface area contributed by atoms with Crippen LogP contribution < -0.4 is 14.8 Å². The molecule has 0 saturated carbocycles. The molecule has 2 atom stereocenters. The fourth-order valence-electron chi connectivity index (χ4n) is 4.97. The van der Waals surface area contributed by atoms with E-state index in [1.54, 1.807) is 43.4 Å². The summed E-state index contributed by atoms with van der Waals surface area (Å²) in [5.41, 5.74) is 3.68. The molecule has 186 valence electrons. The number of carboxylic acid groups (broad SMARTS) is 1. The number of methoxy groups -OCH3 is 2. The summed E-state index contributed by atoms with van der Waals surface area (Å²) in [5, 5.41) is 12.9. The maximum atomic E-state index is 13.0. The number of nitrogens with one attached hydrogen (secondary N) is 1. The lowest BCUT2D eigenvalue weighted by Crippen LogP contribution is -2.46. The van der Waals surface area contributed by atoms with Gasteiger partial charge >= 0.3 is 12.0 Å². The highest BCUT2D eigenvalue weighted by molar-refractivity contribution is 6.30. The van der Waals surface area contributed by atoms with Gasteiger partial charge in [-0.15, -0.1) is 0 Å². The fourth-order valence-corrected chi connectivity index (χ4v) is 5.16. The molecule has 2 aliphatic heterocycles. The Bertz CT molecular complexity index is 1140.